The van der Waals surface area contributed by atoms with Crippen LogP contribution in [0.2, 0.25) is 0 Å². The summed E-state index contributed by atoms with van der Waals surface area (Å²) in [7, 11) is 3.64. The first kappa shape index (κ1) is 16.8. The van der Waals surface area contributed by atoms with Gasteiger partial charge in [-0.15, -0.1) is 0 Å². The molecule has 0 amide bonds. The number of methoxy groups -OCH3 is 1. The van der Waals surface area contributed by atoms with E-state index in [1.165, 1.54) is 0 Å². The predicted molar refractivity (Wildman–Crippen MR) is 94.5 cm³/mol. The van der Waals surface area contributed by atoms with Crippen LogP contribution in [0.25, 0.3) is 0 Å². The van der Waals surface area contributed by atoms with Gasteiger partial charge in [0.25, 0.3) is 0 Å². The van der Waals surface area contributed by atoms with E-state index in [0.29, 0.717) is 12.3 Å². The Labute approximate surface area is 143 Å². The molecule has 4 heteroatoms. The number of hydrogen-bond acceptors (Lipinski definition) is 4. The maximum Gasteiger partial charge on any atom is 0.131 e. The Bertz CT molecular complexity index is 729. The average Bonchev–Trinajstić information content (AvgIpc) is 2.54. The van der Waals surface area contributed by atoms with Crippen molar-refractivity contribution in [1.82, 2.24) is 4.90 Å². The minimum absolute atomic E-state index is 0.0715. The molecule has 1 aliphatic rings. The largest absolute Gasteiger partial charge is 0.496 e. The van der Waals surface area contributed by atoms with Gasteiger partial charge in [0.15, 0.2) is 0 Å². The van der Waals surface area contributed by atoms with Gasteiger partial charge in [-0.05, 0) is 50.2 Å². The van der Waals surface area contributed by atoms with E-state index in [9.17, 15) is 5.11 Å². The van der Waals surface area contributed by atoms with Crippen LogP contribution in [0.1, 0.15) is 30.5 Å². The highest BCUT2D eigenvalue weighted by atomic mass is 16.5. The molecule has 0 aromatic heterocycles. The maximum absolute atomic E-state index is 11.7. The molecule has 128 valence electrons. The summed E-state index contributed by atoms with van der Waals surface area (Å²) >= 11 is 0. The zero-order chi connectivity index (χ0) is 17.3. The van der Waals surface area contributed by atoms with E-state index in [-0.39, 0.29) is 6.10 Å². The van der Waals surface area contributed by atoms with Crippen molar-refractivity contribution in [2.24, 2.45) is 0 Å². The number of fused-ring (bicyclic) bond motifs is 1. The second kappa shape index (κ2) is 6.46. The van der Waals surface area contributed by atoms with Gasteiger partial charge in [-0.25, -0.2) is 0 Å². The number of hydrogen-bond donors (Lipinski definition) is 1. The fourth-order valence-corrected chi connectivity index (χ4v) is 3.47. The Hall–Kier alpha value is -2.04. The molecular formula is C20H25NO3. The molecule has 1 heterocycles. The number of likely N-dealkylation sites (N-methyl/N-ethyl adjacent to an activating group) is 1. The summed E-state index contributed by atoms with van der Waals surface area (Å²) in [6.45, 7) is 5.30. The second-order valence-electron chi connectivity index (χ2n) is 6.72. The zero-order valence-electron chi connectivity index (χ0n) is 14.7. The minimum Gasteiger partial charge on any atom is -0.496 e. The van der Waals surface area contributed by atoms with Crippen LogP contribution in [0.15, 0.2) is 42.5 Å². The Kier molecular flexibility index (Phi) is 4.52. The summed E-state index contributed by atoms with van der Waals surface area (Å²) in [6, 6.07) is 13.7. The Morgan fingerprint density at radius 2 is 1.88 bits per heavy atom. The van der Waals surface area contributed by atoms with Crippen LogP contribution in [0.5, 0.6) is 11.5 Å². The van der Waals surface area contributed by atoms with Crippen LogP contribution in [0.3, 0.4) is 0 Å². The third-order valence-electron chi connectivity index (χ3n) is 4.39. The van der Waals surface area contributed by atoms with Crippen molar-refractivity contribution < 1.29 is 14.6 Å². The van der Waals surface area contributed by atoms with Crippen LogP contribution >= 0.6 is 0 Å². The van der Waals surface area contributed by atoms with Crippen molar-refractivity contribution in [3.63, 3.8) is 0 Å². The summed E-state index contributed by atoms with van der Waals surface area (Å²) in [5.74, 6) is 1.40. The molecule has 0 fully saturated rings. The van der Waals surface area contributed by atoms with Gasteiger partial charge < -0.3 is 14.6 Å². The van der Waals surface area contributed by atoms with Crippen molar-refractivity contribution >= 4 is 0 Å². The summed E-state index contributed by atoms with van der Waals surface area (Å²) in [4.78, 5) is 2.12. The molecule has 0 saturated carbocycles. The lowest BCUT2D eigenvalue weighted by atomic mass is 9.80. The van der Waals surface area contributed by atoms with Crippen LogP contribution < -0.4 is 9.47 Å². The van der Waals surface area contributed by atoms with Gasteiger partial charge in [0, 0.05) is 18.7 Å². The van der Waals surface area contributed by atoms with Crippen LogP contribution in [0.4, 0.5) is 0 Å². The van der Waals surface area contributed by atoms with Crippen molar-refractivity contribution in [3.05, 3.63) is 59.2 Å². The summed E-state index contributed by atoms with van der Waals surface area (Å²) < 4.78 is 11.4. The van der Waals surface area contributed by atoms with Crippen LogP contribution in [0, 0.1) is 0 Å². The number of ether oxygens (including phenoxy) is 2. The summed E-state index contributed by atoms with van der Waals surface area (Å²) in [5, 5.41) is 11.7. The van der Waals surface area contributed by atoms with E-state index in [4.69, 9.17) is 9.47 Å². The highest BCUT2D eigenvalue weighted by molar-refractivity contribution is 5.51. The molecular weight excluding hydrogens is 302 g/mol. The van der Waals surface area contributed by atoms with E-state index < -0.39 is 5.60 Å². The van der Waals surface area contributed by atoms with Gasteiger partial charge in [0.2, 0.25) is 0 Å². The summed E-state index contributed by atoms with van der Waals surface area (Å²) in [6.07, 6.45) is 0.0715. The lowest BCUT2D eigenvalue weighted by molar-refractivity contribution is 0.0260. The van der Waals surface area contributed by atoms with E-state index in [1.807, 2.05) is 57.3 Å². The number of nitrogens with zero attached hydrogens (tertiary/aromatic N) is 1. The van der Waals surface area contributed by atoms with Gasteiger partial charge in [-0.3, -0.25) is 4.90 Å². The lowest BCUT2D eigenvalue weighted by Gasteiger charge is -2.40. The van der Waals surface area contributed by atoms with Gasteiger partial charge in [0.05, 0.1) is 13.2 Å². The molecule has 0 radical (unpaired) electrons. The maximum atomic E-state index is 11.7. The topological polar surface area (TPSA) is 41.9 Å². The van der Waals surface area contributed by atoms with Gasteiger partial charge in [-0.1, -0.05) is 24.3 Å². The molecule has 0 aliphatic carbocycles. The first-order valence-corrected chi connectivity index (χ1v) is 8.28. The first-order valence-electron chi connectivity index (χ1n) is 8.28. The van der Waals surface area contributed by atoms with E-state index >= 15 is 0 Å². The second-order valence-corrected chi connectivity index (χ2v) is 6.72. The fraction of sp³-hybridized carbons (Fsp3) is 0.400. The minimum atomic E-state index is -1.13. The molecule has 2 aromatic carbocycles. The van der Waals surface area contributed by atoms with E-state index in [0.717, 1.165) is 29.0 Å². The van der Waals surface area contributed by atoms with Crippen molar-refractivity contribution in [3.8, 4) is 11.5 Å². The molecule has 0 bridgehead atoms. The summed E-state index contributed by atoms with van der Waals surface area (Å²) in [5.41, 5.74) is 1.67. The lowest BCUT2D eigenvalue weighted by Crippen LogP contribution is -2.45. The smallest absolute Gasteiger partial charge is 0.131 e. The highest BCUT2D eigenvalue weighted by Crippen LogP contribution is 2.42. The van der Waals surface area contributed by atoms with Crippen LogP contribution in [-0.2, 0) is 12.1 Å². The number of benzene rings is 2. The Balaban J connectivity index is 2.16. The Morgan fingerprint density at radius 3 is 2.58 bits per heavy atom. The van der Waals surface area contributed by atoms with Crippen molar-refractivity contribution in [2.75, 3.05) is 20.7 Å². The molecule has 3 rings (SSSR count). The quantitative estimate of drug-likeness (QED) is 0.937. The molecule has 0 saturated heterocycles. The van der Waals surface area contributed by atoms with Crippen LogP contribution in [-0.4, -0.2) is 36.8 Å². The molecule has 1 unspecified atom stereocenters. The van der Waals surface area contributed by atoms with Crippen molar-refractivity contribution in [2.45, 2.75) is 32.1 Å². The molecule has 4 nitrogen and oxygen atoms in total. The average molecular weight is 327 g/mol. The monoisotopic (exact) mass is 327 g/mol. The molecule has 2 aromatic rings. The van der Waals surface area contributed by atoms with E-state index in [1.54, 1.807) is 7.11 Å². The fourth-order valence-electron chi connectivity index (χ4n) is 3.47. The first-order chi connectivity index (χ1) is 11.4. The van der Waals surface area contributed by atoms with Crippen molar-refractivity contribution in [1.29, 1.82) is 0 Å². The van der Waals surface area contributed by atoms with Gasteiger partial charge >= 0.3 is 0 Å². The number of β-amino-alcohol motifs (C(OH)–C–C–N with tert-alkyl or cyclic N) is 1. The van der Waals surface area contributed by atoms with E-state index in [2.05, 4.69) is 11.0 Å². The third kappa shape index (κ3) is 2.99. The Morgan fingerprint density at radius 1 is 1.12 bits per heavy atom. The molecule has 0 spiro atoms. The predicted octanol–water partition coefficient (Wildman–Crippen LogP) is 3.16. The number of rotatable bonds is 4. The molecule has 1 N–H and O–H groups in total. The highest BCUT2D eigenvalue weighted by Gasteiger charge is 2.40. The molecule has 1 atom stereocenters. The zero-order valence-corrected chi connectivity index (χ0v) is 14.7. The number of aliphatic hydroxyl groups is 1. The molecule has 1 aliphatic heterocycles. The molecule has 24 heavy (non-hydrogen) atoms. The SMILES string of the molecule is COc1ccc(OC(C)C)cc1C1(O)CN(C)Cc2ccccc21. The van der Waals surface area contributed by atoms with Gasteiger partial charge in [0.1, 0.15) is 17.1 Å². The standard InChI is InChI=1S/C20H25NO3/c1-14(2)24-16-9-10-19(23-4)18(11-16)20(22)13-21(3)12-15-7-5-6-8-17(15)20/h5-11,14,22H,12-13H2,1-4H3. The normalized spacial score (nSPS) is 20.8. The van der Waals surface area contributed by atoms with Gasteiger partial charge in [-0.2, -0.15) is 0 Å². The third-order valence-corrected chi connectivity index (χ3v) is 4.39.